The second kappa shape index (κ2) is 6.54. The zero-order chi connectivity index (χ0) is 10.2. The summed E-state index contributed by atoms with van der Waals surface area (Å²) in [6, 6.07) is 7.66. The van der Waals surface area contributed by atoms with Crippen LogP contribution in [-0.2, 0) is 22.7 Å². The number of rotatable bonds is 6. The molecule has 0 atom stereocenters. The van der Waals surface area contributed by atoms with E-state index in [4.69, 9.17) is 14.6 Å². The minimum Gasteiger partial charge on any atom is -0.392 e. The molecular formula is C11H16O3. The Balaban J connectivity index is 2.29. The number of ether oxygens (including phenoxy) is 2. The maximum Gasteiger partial charge on any atom is 0.147 e. The van der Waals surface area contributed by atoms with Gasteiger partial charge in [-0.05, 0) is 18.1 Å². The van der Waals surface area contributed by atoms with E-state index >= 15 is 0 Å². The highest BCUT2D eigenvalue weighted by Gasteiger charge is 1.93. The zero-order valence-corrected chi connectivity index (χ0v) is 8.40. The smallest absolute Gasteiger partial charge is 0.147 e. The lowest BCUT2D eigenvalue weighted by Crippen LogP contribution is -1.99. The third-order valence-electron chi connectivity index (χ3n) is 1.85. The maximum absolute atomic E-state index is 8.82. The van der Waals surface area contributed by atoms with Gasteiger partial charge >= 0.3 is 0 Å². The average molecular weight is 196 g/mol. The minimum absolute atomic E-state index is 0.0834. The van der Waals surface area contributed by atoms with Crippen molar-refractivity contribution < 1.29 is 14.6 Å². The summed E-state index contributed by atoms with van der Waals surface area (Å²) < 4.78 is 10.3. The average Bonchev–Trinajstić information content (AvgIpc) is 2.25. The van der Waals surface area contributed by atoms with Gasteiger partial charge in [0.1, 0.15) is 6.79 Å². The van der Waals surface area contributed by atoms with Crippen molar-refractivity contribution in [3.8, 4) is 0 Å². The highest BCUT2D eigenvalue weighted by atomic mass is 16.7. The lowest BCUT2D eigenvalue weighted by Gasteiger charge is -2.04. The molecule has 0 radical (unpaired) electrons. The second-order valence-electron chi connectivity index (χ2n) is 2.93. The van der Waals surface area contributed by atoms with Crippen LogP contribution < -0.4 is 0 Å². The SMILES string of the molecule is CCOCOCc1ccc(CO)cc1. The first-order valence-electron chi connectivity index (χ1n) is 4.71. The highest BCUT2D eigenvalue weighted by molar-refractivity contribution is 5.21. The predicted molar refractivity (Wildman–Crippen MR) is 53.6 cm³/mol. The van der Waals surface area contributed by atoms with E-state index in [1.54, 1.807) is 0 Å². The maximum atomic E-state index is 8.82. The fourth-order valence-electron chi connectivity index (χ4n) is 1.04. The Morgan fingerprint density at radius 1 is 1.07 bits per heavy atom. The van der Waals surface area contributed by atoms with Crippen LogP contribution in [0.5, 0.6) is 0 Å². The molecule has 3 nitrogen and oxygen atoms in total. The third-order valence-corrected chi connectivity index (χ3v) is 1.85. The number of aliphatic hydroxyl groups is 1. The van der Waals surface area contributed by atoms with Crippen LogP contribution in [0.2, 0.25) is 0 Å². The summed E-state index contributed by atoms with van der Waals surface area (Å²) in [6.07, 6.45) is 0. The molecule has 0 saturated carbocycles. The van der Waals surface area contributed by atoms with Crippen LogP contribution in [0.15, 0.2) is 24.3 Å². The normalized spacial score (nSPS) is 10.4. The Labute approximate surface area is 84.3 Å². The number of hydrogen-bond acceptors (Lipinski definition) is 3. The summed E-state index contributed by atoms with van der Waals surface area (Å²) >= 11 is 0. The van der Waals surface area contributed by atoms with Crippen LogP contribution in [0.4, 0.5) is 0 Å². The van der Waals surface area contributed by atoms with E-state index in [0.717, 1.165) is 11.1 Å². The van der Waals surface area contributed by atoms with E-state index in [2.05, 4.69) is 0 Å². The van der Waals surface area contributed by atoms with Crippen LogP contribution in [0.25, 0.3) is 0 Å². The Morgan fingerprint density at radius 3 is 2.29 bits per heavy atom. The van der Waals surface area contributed by atoms with E-state index < -0.39 is 0 Å². The van der Waals surface area contributed by atoms with Crippen molar-refractivity contribution in [2.45, 2.75) is 20.1 Å². The van der Waals surface area contributed by atoms with Gasteiger partial charge in [-0.15, -0.1) is 0 Å². The first-order valence-corrected chi connectivity index (χ1v) is 4.71. The van der Waals surface area contributed by atoms with E-state index in [1.807, 2.05) is 31.2 Å². The molecule has 0 saturated heterocycles. The number of benzene rings is 1. The van der Waals surface area contributed by atoms with Crippen LogP contribution in [0.1, 0.15) is 18.1 Å². The summed E-state index contributed by atoms with van der Waals surface area (Å²) in [4.78, 5) is 0. The van der Waals surface area contributed by atoms with Crippen LogP contribution >= 0.6 is 0 Å². The van der Waals surface area contributed by atoms with E-state index in [0.29, 0.717) is 20.0 Å². The van der Waals surface area contributed by atoms with E-state index in [-0.39, 0.29) is 6.61 Å². The van der Waals surface area contributed by atoms with E-state index in [1.165, 1.54) is 0 Å². The van der Waals surface area contributed by atoms with Gasteiger partial charge in [-0.1, -0.05) is 24.3 Å². The first-order chi connectivity index (χ1) is 6.86. The Kier molecular flexibility index (Phi) is 5.22. The molecule has 0 unspecified atom stereocenters. The lowest BCUT2D eigenvalue weighted by atomic mass is 10.1. The van der Waals surface area contributed by atoms with Gasteiger partial charge in [0, 0.05) is 6.61 Å². The molecule has 3 heteroatoms. The molecule has 1 rings (SSSR count). The Bertz CT molecular complexity index is 243. The first kappa shape index (κ1) is 11.2. The highest BCUT2D eigenvalue weighted by Crippen LogP contribution is 2.05. The molecule has 0 aliphatic heterocycles. The summed E-state index contributed by atoms with van der Waals surface area (Å²) in [5.74, 6) is 0. The minimum atomic E-state index is 0.0834. The summed E-state index contributed by atoms with van der Waals surface area (Å²) in [5, 5.41) is 8.82. The van der Waals surface area contributed by atoms with Crippen LogP contribution in [0.3, 0.4) is 0 Å². The molecule has 0 aromatic heterocycles. The molecule has 1 aromatic carbocycles. The van der Waals surface area contributed by atoms with Crippen molar-refractivity contribution in [2.75, 3.05) is 13.4 Å². The van der Waals surface area contributed by atoms with Crippen molar-refractivity contribution in [3.05, 3.63) is 35.4 Å². The number of hydrogen-bond donors (Lipinski definition) is 1. The second-order valence-corrected chi connectivity index (χ2v) is 2.93. The topological polar surface area (TPSA) is 38.7 Å². The fraction of sp³-hybridized carbons (Fsp3) is 0.455. The van der Waals surface area contributed by atoms with Crippen molar-refractivity contribution in [1.82, 2.24) is 0 Å². The Hall–Kier alpha value is -0.900. The van der Waals surface area contributed by atoms with E-state index in [9.17, 15) is 0 Å². The molecular weight excluding hydrogens is 180 g/mol. The van der Waals surface area contributed by atoms with Gasteiger partial charge < -0.3 is 14.6 Å². The number of aliphatic hydroxyl groups excluding tert-OH is 1. The van der Waals surface area contributed by atoms with Crippen molar-refractivity contribution >= 4 is 0 Å². The largest absolute Gasteiger partial charge is 0.392 e. The van der Waals surface area contributed by atoms with Crippen molar-refractivity contribution in [1.29, 1.82) is 0 Å². The molecule has 1 N–H and O–H groups in total. The van der Waals surface area contributed by atoms with Crippen molar-refractivity contribution in [2.24, 2.45) is 0 Å². The van der Waals surface area contributed by atoms with Gasteiger partial charge in [-0.3, -0.25) is 0 Å². The molecule has 14 heavy (non-hydrogen) atoms. The monoisotopic (exact) mass is 196 g/mol. The Morgan fingerprint density at radius 2 is 1.71 bits per heavy atom. The third kappa shape index (κ3) is 3.87. The van der Waals surface area contributed by atoms with Gasteiger partial charge in [0.05, 0.1) is 13.2 Å². The molecule has 0 spiro atoms. The molecule has 0 fully saturated rings. The molecule has 0 heterocycles. The predicted octanol–water partition coefficient (Wildman–Crippen LogP) is 1.69. The zero-order valence-electron chi connectivity index (χ0n) is 8.40. The summed E-state index contributed by atoms with van der Waals surface area (Å²) in [5.41, 5.74) is 2.00. The molecule has 0 aliphatic carbocycles. The molecule has 0 aliphatic rings. The molecule has 78 valence electrons. The molecule has 0 bridgehead atoms. The van der Waals surface area contributed by atoms with Gasteiger partial charge in [0.15, 0.2) is 0 Å². The lowest BCUT2D eigenvalue weighted by molar-refractivity contribution is -0.0571. The van der Waals surface area contributed by atoms with Gasteiger partial charge in [-0.25, -0.2) is 0 Å². The summed E-state index contributed by atoms with van der Waals surface area (Å²) in [6.45, 7) is 3.56. The van der Waals surface area contributed by atoms with Crippen LogP contribution in [-0.4, -0.2) is 18.5 Å². The van der Waals surface area contributed by atoms with Gasteiger partial charge in [0.2, 0.25) is 0 Å². The van der Waals surface area contributed by atoms with Gasteiger partial charge in [-0.2, -0.15) is 0 Å². The molecule has 0 amide bonds. The quantitative estimate of drug-likeness (QED) is 0.556. The van der Waals surface area contributed by atoms with Crippen LogP contribution in [0, 0.1) is 0 Å². The van der Waals surface area contributed by atoms with Crippen molar-refractivity contribution in [3.63, 3.8) is 0 Å². The standard InChI is InChI=1S/C11H16O3/c1-2-13-9-14-8-11-5-3-10(7-12)4-6-11/h3-6,12H,2,7-9H2,1H3. The molecule has 1 aromatic rings. The summed E-state index contributed by atoms with van der Waals surface area (Å²) in [7, 11) is 0. The fourth-order valence-corrected chi connectivity index (χ4v) is 1.04. The van der Waals surface area contributed by atoms with Gasteiger partial charge in [0.25, 0.3) is 0 Å².